The van der Waals surface area contributed by atoms with E-state index >= 15 is 0 Å². The van der Waals surface area contributed by atoms with Crippen LogP contribution >= 0.6 is 0 Å². The molecule has 1 fully saturated rings. The first-order valence-corrected chi connectivity index (χ1v) is 15.4. The molecule has 0 radical (unpaired) electrons. The second kappa shape index (κ2) is 16.4. The molecule has 0 spiro atoms. The zero-order chi connectivity index (χ0) is 32.3. The monoisotopic (exact) mass is 612 g/mol. The van der Waals surface area contributed by atoms with E-state index in [1.807, 2.05) is 45.1 Å². The van der Waals surface area contributed by atoms with Gasteiger partial charge in [0.15, 0.2) is 0 Å². The molecule has 2 bridgehead atoms. The summed E-state index contributed by atoms with van der Waals surface area (Å²) in [5, 5.41) is 17.2. The molecule has 242 valence electrons. The van der Waals surface area contributed by atoms with Gasteiger partial charge in [-0.1, -0.05) is 64.1 Å². The molecule has 5 atom stereocenters. The first kappa shape index (κ1) is 34.8. The fourth-order valence-electron chi connectivity index (χ4n) is 5.31. The van der Waals surface area contributed by atoms with Gasteiger partial charge in [0.25, 0.3) is 5.91 Å². The van der Waals surface area contributed by atoms with Crippen molar-refractivity contribution in [1.82, 2.24) is 21.1 Å². The number of benzene rings is 1. The van der Waals surface area contributed by atoms with E-state index in [1.165, 1.54) is 17.1 Å². The number of phenols is 1. The summed E-state index contributed by atoms with van der Waals surface area (Å²) < 4.78 is 11.1. The highest BCUT2D eigenvalue weighted by molar-refractivity contribution is 5.93. The number of nitrogens with one attached hydrogen (secondary N) is 3. The average molecular weight is 613 g/mol. The first-order valence-electron chi connectivity index (χ1n) is 15.4. The van der Waals surface area contributed by atoms with Crippen LogP contribution in [0.4, 0.5) is 0 Å². The van der Waals surface area contributed by atoms with E-state index in [2.05, 4.69) is 16.1 Å². The standard InChI is InChI=1S/C33H48N4O7/c1-22-27(43-5)17-10-8-6-7-9-11-19-44-32(42)25-16-13-18-37(36-25)31(41)26(21-23-14-12-15-24(38)20-23)34-30(40)28(33(2,3)4)35-29(22)39/h6-9,12,14-15,20,22,25-28,36,38H,10-11,13,16-19,21H2,1-5H3,(H,34,40)(H,35,39). The lowest BCUT2D eigenvalue weighted by molar-refractivity contribution is -0.153. The molecule has 2 aliphatic rings. The van der Waals surface area contributed by atoms with Gasteiger partial charge in [0.2, 0.25) is 11.8 Å². The number of methoxy groups -OCH3 is 1. The van der Waals surface area contributed by atoms with Crippen molar-refractivity contribution in [2.24, 2.45) is 11.3 Å². The van der Waals surface area contributed by atoms with Crippen molar-refractivity contribution < 1.29 is 33.8 Å². The molecule has 44 heavy (non-hydrogen) atoms. The molecule has 2 heterocycles. The average Bonchev–Trinajstić information content (AvgIpc) is 2.98. The van der Waals surface area contributed by atoms with E-state index in [-0.39, 0.29) is 30.8 Å². The molecule has 5 unspecified atom stereocenters. The SMILES string of the molecule is COC1CCC=CC=CCCOC(=O)C2CCCN(N2)C(=O)C(Cc2cccc(O)c2)NC(=O)C(C(C)(C)C)NC(=O)C1C. The van der Waals surface area contributed by atoms with Gasteiger partial charge >= 0.3 is 5.97 Å². The van der Waals surface area contributed by atoms with Crippen LogP contribution in [0, 0.1) is 11.3 Å². The number of carbonyl (C=O) groups is 4. The number of amides is 3. The van der Waals surface area contributed by atoms with Crippen LogP contribution < -0.4 is 16.1 Å². The number of esters is 1. The van der Waals surface area contributed by atoms with Gasteiger partial charge in [0, 0.05) is 20.1 Å². The number of phenolic OH excluding ortho intramolecular Hbond substituents is 1. The molecule has 0 aromatic heterocycles. The van der Waals surface area contributed by atoms with Crippen molar-refractivity contribution in [2.45, 2.75) is 90.4 Å². The summed E-state index contributed by atoms with van der Waals surface area (Å²) in [6.07, 6.45) is 10.3. The lowest BCUT2D eigenvalue weighted by Crippen LogP contribution is -2.63. The highest BCUT2D eigenvalue weighted by Crippen LogP contribution is 2.23. The maximum Gasteiger partial charge on any atom is 0.324 e. The van der Waals surface area contributed by atoms with E-state index < -0.39 is 47.2 Å². The number of hydrogen-bond acceptors (Lipinski definition) is 8. The number of rotatable bonds is 3. The van der Waals surface area contributed by atoms with E-state index in [4.69, 9.17) is 9.47 Å². The van der Waals surface area contributed by atoms with Crippen molar-refractivity contribution in [2.75, 3.05) is 20.3 Å². The Bertz CT molecular complexity index is 1210. The fourth-order valence-corrected chi connectivity index (χ4v) is 5.31. The zero-order valence-corrected chi connectivity index (χ0v) is 26.5. The molecule has 3 rings (SSSR count). The van der Waals surface area contributed by atoms with Crippen molar-refractivity contribution in [3.8, 4) is 5.75 Å². The third-order valence-corrected chi connectivity index (χ3v) is 7.92. The van der Waals surface area contributed by atoms with Gasteiger partial charge in [0.05, 0.1) is 18.6 Å². The Morgan fingerprint density at radius 3 is 2.43 bits per heavy atom. The second-order valence-electron chi connectivity index (χ2n) is 12.5. The zero-order valence-electron chi connectivity index (χ0n) is 26.5. The Kier molecular flexibility index (Phi) is 13.0. The summed E-state index contributed by atoms with van der Waals surface area (Å²) in [7, 11) is 1.56. The molecule has 0 saturated carbocycles. The summed E-state index contributed by atoms with van der Waals surface area (Å²) in [4.78, 5) is 54.0. The first-order chi connectivity index (χ1) is 20.9. The van der Waals surface area contributed by atoms with E-state index in [0.717, 1.165) is 0 Å². The number of cyclic esters (lactones) is 1. The fraction of sp³-hybridized carbons (Fsp3) is 0.576. The second-order valence-corrected chi connectivity index (χ2v) is 12.5. The molecular weight excluding hydrogens is 564 g/mol. The van der Waals surface area contributed by atoms with Crippen LogP contribution in [-0.2, 0) is 35.1 Å². The molecule has 1 aromatic rings. The van der Waals surface area contributed by atoms with Crippen LogP contribution in [0.25, 0.3) is 0 Å². The Labute approximate surface area is 260 Å². The Balaban J connectivity index is 1.93. The number of aromatic hydroxyl groups is 1. The van der Waals surface area contributed by atoms with Crippen molar-refractivity contribution in [3.05, 3.63) is 54.1 Å². The minimum absolute atomic E-state index is 0.0328. The molecule has 11 nitrogen and oxygen atoms in total. The Morgan fingerprint density at radius 2 is 1.75 bits per heavy atom. The summed E-state index contributed by atoms with van der Waals surface area (Å²) >= 11 is 0. The number of hydrazine groups is 1. The van der Waals surface area contributed by atoms with Gasteiger partial charge in [0.1, 0.15) is 23.9 Å². The Hall–Kier alpha value is -3.70. The van der Waals surface area contributed by atoms with Gasteiger partial charge < -0.3 is 25.2 Å². The number of fused-ring (bicyclic) bond motifs is 2. The number of ether oxygens (including phenoxy) is 2. The maximum atomic E-state index is 13.9. The number of hydrogen-bond donors (Lipinski definition) is 4. The number of allylic oxidation sites excluding steroid dienone is 3. The topological polar surface area (TPSA) is 146 Å². The lowest BCUT2D eigenvalue weighted by atomic mass is 9.85. The van der Waals surface area contributed by atoms with Crippen molar-refractivity contribution >= 4 is 23.7 Å². The highest BCUT2D eigenvalue weighted by atomic mass is 16.5. The van der Waals surface area contributed by atoms with Crippen molar-refractivity contribution in [3.63, 3.8) is 0 Å². The van der Waals surface area contributed by atoms with Gasteiger partial charge in [-0.3, -0.25) is 24.2 Å². The normalized spacial score (nSPS) is 27.0. The highest BCUT2D eigenvalue weighted by Gasteiger charge is 2.39. The summed E-state index contributed by atoms with van der Waals surface area (Å²) in [5.41, 5.74) is 2.93. The molecule has 0 aliphatic carbocycles. The summed E-state index contributed by atoms with van der Waals surface area (Å²) in [5.74, 6) is -2.23. The van der Waals surface area contributed by atoms with Crippen LogP contribution in [0.2, 0.25) is 0 Å². The molecular formula is C33H48N4O7. The predicted octanol–water partition coefficient (Wildman–Crippen LogP) is 2.94. The predicted molar refractivity (Wildman–Crippen MR) is 166 cm³/mol. The van der Waals surface area contributed by atoms with Crippen LogP contribution in [0.3, 0.4) is 0 Å². The van der Waals surface area contributed by atoms with Gasteiger partial charge in [-0.05, 0) is 55.2 Å². The molecule has 1 saturated heterocycles. The molecule has 1 aromatic carbocycles. The summed E-state index contributed by atoms with van der Waals surface area (Å²) in [6, 6.07) is 3.75. The molecule has 3 amide bonds. The van der Waals surface area contributed by atoms with Crippen molar-refractivity contribution in [1.29, 1.82) is 0 Å². The quantitative estimate of drug-likeness (QED) is 0.381. The number of carbonyl (C=O) groups excluding carboxylic acids is 4. The van der Waals surface area contributed by atoms with Crippen LogP contribution in [0.15, 0.2) is 48.6 Å². The van der Waals surface area contributed by atoms with Gasteiger partial charge in [-0.15, -0.1) is 0 Å². The third kappa shape index (κ3) is 10.2. The minimum atomic E-state index is -1.05. The maximum absolute atomic E-state index is 13.9. The van der Waals surface area contributed by atoms with E-state index in [1.54, 1.807) is 26.2 Å². The summed E-state index contributed by atoms with van der Waals surface area (Å²) in [6.45, 7) is 7.83. The van der Waals surface area contributed by atoms with Crippen LogP contribution in [0.1, 0.15) is 65.4 Å². The third-order valence-electron chi connectivity index (χ3n) is 7.92. The number of nitrogens with zero attached hydrogens (tertiary/aromatic N) is 1. The lowest BCUT2D eigenvalue weighted by Gasteiger charge is -2.36. The molecule has 4 N–H and O–H groups in total. The minimum Gasteiger partial charge on any atom is -0.508 e. The van der Waals surface area contributed by atoms with E-state index in [0.29, 0.717) is 44.2 Å². The van der Waals surface area contributed by atoms with Gasteiger partial charge in [-0.2, -0.15) is 0 Å². The molecule has 11 heteroatoms. The molecule has 2 aliphatic heterocycles. The Morgan fingerprint density at radius 1 is 1.02 bits per heavy atom. The van der Waals surface area contributed by atoms with Crippen LogP contribution in [-0.4, -0.2) is 78.3 Å². The largest absolute Gasteiger partial charge is 0.508 e. The van der Waals surface area contributed by atoms with E-state index in [9.17, 15) is 24.3 Å². The van der Waals surface area contributed by atoms with Crippen LogP contribution in [0.5, 0.6) is 5.75 Å². The van der Waals surface area contributed by atoms with Gasteiger partial charge in [-0.25, -0.2) is 5.43 Å². The smallest absolute Gasteiger partial charge is 0.324 e.